The Kier molecular flexibility index (Phi) is 6.08. The van der Waals surface area contributed by atoms with E-state index in [1.807, 2.05) is 18.7 Å². The average molecular weight is 448 g/mol. The Hall–Kier alpha value is -2.28. The van der Waals surface area contributed by atoms with E-state index in [0.717, 1.165) is 29.9 Å². The Bertz CT molecular complexity index is 991. The minimum atomic E-state index is -5.61. The Morgan fingerprint density at radius 2 is 2.07 bits per heavy atom. The van der Waals surface area contributed by atoms with E-state index < -0.39 is 15.5 Å². The number of fused-ring (bicyclic) bond motifs is 1. The van der Waals surface area contributed by atoms with Crippen molar-refractivity contribution >= 4 is 43.6 Å². The number of nitrogens with zero attached hydrogens (tertiary/aromatic N) is 5. The van der Waals surface area contributed by atoms with Crippen molar-refractivity contribution in [3.05, 3.63) is 23.2 Å². The van der Waals surface area contributed by atoms with Crippen LogP contribution in [-0.2, 0) is 16.4 Å². The quantitative estimate of drug-likeness (QED) is 0.650. The molecule has 1 aliphatic rings. The Labute approximate surface area is 169 Å². The molecule has 8 nitrogen and oxygen atoms in total. The van der Waals surface area contributed by atoms with Gasteiger partial charge in [-0.05, 0) is 36.5 Å². The van der Waals surface area contributed by atoms with Gasteiger partial charge in [-0.25, -0.2) is 0 Å². The van der Waals surface area contributed by atoms with E-state index in [1.165, 1.54) is 11.6 Å². The monoisotopic (exact) mass is 448 g/mol. The fourth-order valence-electron chi connectivity index (χ4n) is 3.00. The zero-order chi connectivity index (χ0) is 21.2. The summed E-state index contributed by atoms with van der Waals surface area (Å²) in [5, 5.41) is 15.3. The second-order valence-electron chi connectivity index (χ2n) is 6.91. The molecule has 0 atom stereocenters. The van der Waals surface area contributed by atoms with Crippen molar-refractivity contribution in [2.75, 3.05) is 22.7 Å². The standard InChI is InChI=1S/C16H19F3N6O2S2/c1-10(2)8-25-5-3-4-11-6-12(21-23-15-22-20-9-28-15)13(7-14(11)25)24-29(26,27)16(17,18)19/h6-7,9-10,24H,3-5,8H2,1-2H3. The van der Waals surface area contributed by atoms with Crippen LogP contribution in [0.4, 0.5) is 35.4 Å². The summed E-state index contributed by atoms with van der Waals surface area (Å²) in [6.07, 6.45) is 1.58. The van der Waals surface area contributed by atoms with Crippen LogP contribution in [0.3, 0.4) is 0 Å². The predicted molar refractivity (Wildman–Crippen MR) is 104 cm³/mol. The molecular formula is C16H19F3N6O2S2. The number of anilines is 2. The van der Waals surface area contributed by atoms with Crippen LogP contribution in [0.15, 0.2) is 27.9 Å². The molecule has 0 radical (unpaired) electrons. The van der Waals surface area contributed by atoms with Crippen LogP contribution in [-0.4, -0.2) is 37.2 Å². The molecule has 158 valence electrons. The van der Waals surface area contributed by atoms with Crippen LogP contribution in [0.5, 0.6) is 0 Å². The van der Waals surface area contributed by atoms with Crippen molar-refractivity contribution < 1.29 is 21.6 Å². The molecule has 29 heavy (non-hydrogen) atoms. The molecule has 1 aliphatic heterocycles. The maximum absolute atomic E-state index is 12.9. The molecule has 0 unspecified atom stereocenters. The minimum Gasteiger partial charge on any atom is -0.371 e. The van der Waals surface area contributed by atoms with E-state index in [2.05, 4.69) is 20.4 Å². The first-order chi connectivity index (χ1) is 13.6. The fraction of sp³-hybridized carbons (Fsp3) is 0.500. The van der Waals surface area contributed by atoms with E-state index in [9.17, 15) is 21.6 Å². The maximum Gasteiger partial charge on any atom is 0.516 e. The van der Waals surface area contributed by atoms with Gasteiger partial charge in [-0.1, -0.05) is 25.2 Å². The molecule has 0 saturated heterocycles. The van der Waals surface area contributed by atoms with Gasteiger partial charge >= 0.3 is 15.5 Å². The molecule has 0 spiro atoms. The van der Waals surface area contributed by atoms with Gasteiger partial charge in [-0.15, -0.1) is 20.4 Å². The number of halogens is 3. The summed E-state index contributed by atoms with van der Waals surface area (Å²) in [5.74, 6) is 0.327. The molecule has 0 saturated carbocycles. The van der Waals surface area contributed by atoms with Crippen LogP contribution in [0, 0.1) is 5.92 Å². The number of alkyl halides is 3. The molecule has 3 rings (SSSR count). The minimum absolute atomic E-state index is 0.0156. The van der Waals surface area contributed by atoms with E-state index in [0.29, 0.717) is 24.6 Å². The first-order valence-corrected chi connectivity index (χ1v) is 11.1. The van der Waals surface area contributed by atoms with Gasteiger partial charge in [-0.3, -0.25) is 4.72 Å². The summed E-state index contributed by atoms with van der Waals surface area (Å²) in [6, 6.07) is 2.97. The van der Waals surface area contributed by atoms with Gasteiger partial charge in [-0.2, -0.15) is 21.6 Å². The van der Waals surface area contributed by atoms with E-state index in [-0.39, 0.29) is 16.5 Å². The first kappa shape index (κ1) is 21.4. The van der Waals surface area contributed by atoms with Crippen molar-refractivity contribution in [2.45, 2.75) is 32.2 Å². The fourth-order valence-corrected chi connectivity index (χ4v) is 3.94. The molecular weight excluding hydrogens is 429 g/mol. The maximum atomic E-state index is 12.9. The number of sulfonamides is 1. The van der Waals surface area contributed by atoms with Gasteiger partial charge in [0, 0.05) is 18.8 Å². The average Bonchev–Trinajstić information content (AvgIpc) is 3.12. The molecule has 0 aliphatic carbocycles. The summed E-state index contributed by atoms with van der Waals surface area (Å²) in [5.41, 5.74) is -2.76. The van der Waals surface area contributed by atoms with E-state index in [1.54, 1.807) is 10.8 Å². The Balaban J connectivity index is 2.06. The van der Waals surface area contributed by atoms with Crippen LogP contribution in [0.25, 0.3) is 0 Å². The zero-order valence-corrected chi connectivity index (χ0v) is 17.3. The van der Waals surface area contributed by atoms with Gasteiger partial charge < -0.3 is 4.90 Å². The largest absolute Gasteiger partial charge is 0.516 e. The number of azo groups is 1. The lowest BCUT2D eigenvalue weighted by Crippen LogP contribution is -2.33. The number of nitrogens with one attached hydrogen (secondary N) is 1. The van der Waals surface area contributed by atoms with E-state index in [4.69, 9.17) is 0 Å². The number of hydrogen-bond donors (Lipinski definition) is 1. The third-order valence-electron chi connectivity index (χ3n) is 4.14. The molecule has 1 aromatic heterocycles. The summed E-state index contributed by atoms with van der Waals surface area (Å²) in [6.45, 7) is 5.50. The number of hydrogen-bond acceptors (Lipinski definition) is 8. The van der Waals surface area contributed by atoms with Crippen molar-refractivity contribution in [1.29, 1.82) is 0 Å². The van der Waals surface area contributed by atoms with Crippen molar-refractivity contribution in [3.63, 3.8) is 0 Å². The highest BCUT2D eigenvalue weighted by Crippen LogP contribution is 2.39. The van der Waals surface area contributed by atoms with E-state index >= 15 is 0 Å². The lowest BCUT2D eigenvalue weighted by molar-refractivity contribution is -0.0429. The van der Waals surface area contributed by atoms with Gasteiger partial charge in [0.2, 0.25) is 0 Å². The first-order valence-electron chi connectivity index (χ1n) is 8.75. The summed E-state index contributed by atoms with van der Waals surface area (Å²) >= 11 is 1.09. The van der Waals surface area contributed by atoms with Crippen LogP contribution >= 0.6 is 11.3 Å². The van der Waals surface area contributed by atoms with Crippen molar-refractivity contribution in [1.82, 2.24) is 10.2 Å². The zero-order valence-electron chi connectivity index (χ0n) is 15.6. The molecule has 0 bridgehead atoms. The summed E-state index contributed by atoms with van der Waals surface area (Å²) < 4.78 is 63.7. The normalized spacial score (nSPS) is 15.2. The van der Waals surface area contributed by atoms with Crippen molar-refractivity contribution in [3.8, 4) is 0 Å². The van der Waals surface area contributed by atoms with Gasteiger partial charge in [0.1, 0.15) is 11.2 Å². The van der Waals surface area contributed by atoms with Crippen LogP contribution in [0.2, 0.25) is 0 Å². The van der Waals surface area contributed by atoms with Crippen LogP contribution < -0.4 is 9.62 Å². The van der Waals surface area contributed by atoms with Crippen LogP contribution in [0.1, 0.15) is 25.8 Å². The highest BCUT2D eigenvalue weighted by atomic mass is 32.2. The molecule has 1 aromatic carbocycles. The molecule has 13 heteroatoms. The second kappa shape index (κ2) is 8.22. The topological polar surface area (TPSA) is 99.9 Å². The lowest BCUT2D eigenvalue weighted by Gasteiger charge is -2.33. The van der Waals surface area contributed by atoms with Crippen molar-refractivity contribution in [2.24, 2.45) is 16.1 Å². The molecule has 1 N–H and O–H groups in total. The molecule has 2 aromatic rings. The predicted octanol–water partition coefficient (Wildman–Crippen LogP) is 4.62. The summed E-state index contributed by atoms with van der Waals surface area (Å²) in [7, 11) is -5.61. The molecule has 2 heterocycles. The molecule has 0 amide bonds. The van der Waals surface area contributed by atoms with Gasteiger partial charge in [0.05, 0.1) is 5.69 Å². The second-order valence-corrected chi connectivity index (χ2v) is 9.40. The Morgan fingerprint density at radius 3 is 2.69 bits per heavy atom. The molecule has 0 fully saturated rings. The third kappa shape index (κ3) is 5.01. The number of aromatic nitrogens is 2. The summed E-state index contributed by atoms with van der Waals surface area (Å²) in [4.78, 5) is 2.04. The Morgan fingerprint density at radius 1 is 1.31 bits per heavy atom. The third-order valence-corrected chi connectivity index (χ3v) is 5.81. The highest BCUT2D eigenvalue weighted by molar-refractivity contribution is 7.93. The number of aryl methyl sites for hydroxylation is 1. The number of benzene rings is 1. The van der Waals surface area contributed by atoms with Gasteiger partial charge in [0.15, 0.2) is 0 Å². The smallest absolute Gasteiger partial charge is 0.371 e. The lowest BCUT2D eigenvalue weighted by atomic mass is 9.99. The highest BCUT2D eigenvalue weighted by Gasteiger charge is 2.46. The van der Waals surface area contributed by atoms with Gasteiger partial charge in [0.25, 0.3) is 5.13 Å². The SMILES string of the molecule is CC(C)CN1CCCc2cc(N=Nc3nncs3)c(NS(=O)(=O)C(F)(F)F)cc21. The number of rotatable bonds is 6.